The largest absolute Gasteiger partial charge is 0.497 e. The van der Waals surface area contributed by atoms with Crippen LogP contribution in [0, 0.1) is 0 Å². The lowest BCUT2D eigenvalue weighted by Crippen LogP contribution is -2.38. The molecular weight excluding hydrogens is 396 g/mol. The van der Waals surface area contributed by atoms with Crippen LogP contribution in [0.4, 0.5) is 0 Å². The van der Waals surface area contributed by atoms with Crippen LogP contribution >= 0.6 is 0 Å². The van der Waals surface area contributed by atoms with Crippen molar-refractivity contribution in [3.05, 3.63) is 53.6 Å². The zero-order valence-electron chi connectivity index (χ0n) is 17.8. The number of likely N-dealkylation sites (tertiary alicyclic amines) is 1. The number of oxime groups is 1. The lowest BCUT2D eigenvalue weighted by molar-refractivity contribution is -0.134. The van der Waals surface area contributed by atoms with E-state index in [1.54, 1.807) is 7.11 Å². The van der Waals surface area contributed by atoms with Crippen LogP contribution in [0.1, 0.15) is 36.8 Å². The van der Waals surface area contributed by atoms with Crippen LogP contribution in [-0.4, -0.2) is 49.9 Å². The van der Waals surface area contributed by atoms with Crippen LogP contribution in [0.2, 0.25) is 0 Å². The second kappa shape index (κ2) is 10.2. The Balaban J connectivity index is 1.34. The maximum absolute atomic E-state index is 12.3. The number of nitrogens with zero attached hydrogens (tertiary/aromatic N) is 2. The van der Waals surface area contributed by atoms with Gasteiger partial charge >= 0.3 is 0 Å². The highest BCUT2D eigenvalue weighted by Gasteiger charge is 2.20. The molecule has 2 aliphatic heterocycles. The van der Waals surface area contributed by atoms with Crippen LogP contribution in [0.25, 0.3) is 0 Å². The maximum Gasteiger partial charge on any atom is 0.260 e. The van der Waals surface area contributed by atoms with Crippen LogP contribution in [-0.2, 0) is 16.2 Å². The fourth-order valence-electron chi connectivity index (χ4n) is 3.72. The quantitative estimate of drug-likeness (QED) is 0.633. The number of carbonyl (C=O) groups is 1. The van der Waals surface area contributed by atoms with Gasteiger partial charge in [0, 0.05) is 31.1 Å². The lowest BCUT2D eigenvalue weighted by atomic mass is 10.0. The van der Waals surface area contributed by atoms with E-state index >= 15 is 0 Å². The summed E-state index contributed by atoms with van der Waals surface area (Å²) in [6.07, 6.45) is 4.01. The first-order valence-corrected chi connectivity index (χ1v) is 10.7. The van der Waals surface area contributed by atoms with E-state index in [1.165, 1.54) is 6.42 Å². The molecule has 1 saturated heterocycles. The highest BCUT2D eigenvalue weighted by atomic mass is 16.6. The molecule has 2 heterocycles. The van der Waals surface area contributed by atoms with E-state index in [-0.39, 0.29) is 12.5 Å². The number of hydrogen-bond acceptors (Lipinski definition) is 6. The summed E-state index contributed by atoms with van der Waals surface area (Å²) in [5.74, 6) is 2.15. The normalized spacial score (nSPS) is 16.9. The van der Waals surface area contributed by atoms with Crippen molar-refractivity contribution in [2.24, 2.45) is 5.16 Å². The van der Waals surface area contributed by atoms with Crippen molar-refractivity contribution in [1.82, 2.24) is 4.90 Å². The number of benzene rings is 2. The van der Waals surface area contributed by atoms with Crippen molar-refractivity contribution in [2.75, 3.05) is 33.4 Å². The van der Waals surface area contributed by atoms with E-state index in [0.717, 1.165) is 48.5 Å². The molecule has 0 saturated carbocycles. The van der Waals surface area contributed by atoms with E-state index in [0.29, 0.717) is 31.1 Å². The molecule has 0 bridgehead atoms. The summed E-state index contributed by atoms with van der Waals surface area (Å²) < 4.78 is 16.7. The fourth-order valence-corrected chi connectivity index (χ4v) is 3.72. The molecular formula is C24H28N2O5. The predicted molar refractivity (Wildman–Crippen MR) is 117 cm³/mol. The summed E-state index contributed by atoms with van der Waals surface area (Å²) in [5.41, 5.74) is 2.74. The van der Waals surface area contributed by atoms with Crippen molar-refractivity contribution in [2.45, 2.75) is 32.3 Å². The van der Waals surface area contributed by atoms with Gasteiger partial charge in [0.15, 0.2) is 6.61 Å². The minimum absolute atomic E-state index is 0.0347. The Hall–Kier alpha value is -3.22. The summed E-state index contributed by atoms with van der Waals surface area (Å²) >= 11 is 0. The van der Waals surface area contributed by atoms with Crippen molar-refractivity contribution in [3.63, 3.8) is 0 Å². The number of hydrogen-bond donors (Lipinski definition) is 0. The first-order chi connectivity index (χ1) is 15.2. The molecule has 1 fully saturated rings. The van der Waals surface area contributed by atoms with E-state index in [4.69, 9.17) is 19.0 Å². The van der Waals surface area contributed by atoms with Gasteiger partial charge in [-0.15, -0.1) is 0 Å². The molecule has 7 nitrogen and oxygen atoms in total. The zero-order chi connectivity index (χ0) is 21.5. The molecule has 0 aromatic heterocycles. The SMILES string of the molecule is COc1ccc(CO/N=C2\CCOc3cc(OCC(=O)N4CCCCC4)ccc32)cc1. The average molecular weight is 424 g/mol. The molecule has 0 atom stereocenters. The summed E-state index contributed by atoms with van der Waals surface area (Å²) in [7, 11) is 1.64. The third-order valence-corrected chi connectivity index (χ3v) is 5.50. The van der Waals surface area contributed by atoms with E-state index in [9.17, 15) is 4.79 Å². The van der Waals surface area contributed by atoms with Gasteiger partial charge in [-0.1, -0.05) is 17.3 Å². The van der Waals surface area contributed by atoms with Crippen LogP contribution < -0.4 is 14.2 Å². The number of amides is 1. The van der Waals surface area contributed by atoms with E-state index < -0.39 is 0 Å². The van der Waals surface area contributed by atoms with Crippen LogP contribution in [0.3, 0.4) is 0 Å². The van der Waals surface area contributed by atoms with Gasteiger partial charge in [0.1, 0.15) is 23.9 Å². The highest BCUT2D eigenvalue weighted by molar-refractivity contribution is 6.03. The summed E-state index contributed by atoms with van der Waals surface area (Å²) in [4.78, 5) is 19.8. The smallest absolute Gasteiger partial charge is 0.260 e. The molecule has 164 valence electrons. The Morgan fingerprint density at radius 2 is 1.84 bits per heavy atom. The van der Waals surface area contributed by atoms with Gasteiger partial charge in [-0.3, -0.25) is 4.79 Å². The van der Waals surface area contributed by atoms with Gasteiger partial charge in [0.2, 0.25) is 0 Å². The Morgan fingerprint density at radius 1 is 1.06 bits per heavy atom. The molecule has 2 aromatic rings. The molecule has 0 spiro atoms. The third kappa shape index (κ3) is 5.48. The number of rotatable bonds is 7. The molecule has 2 aliphatic rings. The molecule has 31 heavy (non-hydrogen) atoms. The minimum Gasteiger partial charge on any atom is -0.497 e. The third-order valence-electron chi connectivity index (χ3n) is 5.50. The first kappa shape index (κ1) is 21.0. The Morgan fingerprint density at radius 3 is 2.61 bits per heavy atom. The van der Waals surface area contributed by atoms with Gasteiger partial charge in [0.05, 0.1) is 19.4 Å². The van der Waals surface area contributed by atoms with Gasteiger partial charge in [-0.2, -0.15) is 0 Å². The molecule has 0 aliphatic carbocycles. The van der Waals surface area contributed by atoms with Crippen molar-refractivity contribution in [1.29, 1.82) is 0 Å². The topological polar surface area (TPSA) is 69.6 Å². The van der Waals surface area contributed by atoms with Crippen molar-refractivity contribution < 1.29 is 23.8 Å². The fraction of sp³-hybridized carbons (Fsp3) is 0.417. The molecule has 2 aromatic carbocycles. The van der Waals surface area contributed by atoms with Gasteiger partial charge < -0.3 is 23.9 Å². The van der Waals surface area contributed by atoms with E-state index in [1.807, 2.05) is 47.4 Å². The number of ether oxygens (including phenoxy) is 3. The number of piperidine rings is 1. The molecule has 0 N–H and O–H groups in total. The number of methoxy groups -OCH3 is 1. The van der Waals surface area contributed by atoms with Gasteiger partial charge in [-0.25, -0.2) is 0 Å². The van der Waals surface area contributed by atoms with Crippen LogP contribution in [0.5, 0.6) is 17.2 Å². The number of fused-ring (bicyclic) bond motifs is 1. The minimum atomic E-state index is 0.0347. The summed E-state index contributed by atoms with van der Waals surface area (Å²) in [6, 6.07) is 13.3. The lowest BCUT2D eigenvalue weighted by Gasteiger charge is -2.26. The second-order valence-electron chi connectivity index (χ2n) is 7.65. The van der Waals surface area contributed by atoms with Crippen molar-refractivity contribution in [3.8, 4) is 17.2 Å². The van der Waals surface area contributed by atoms with Crippen LogP contribution in [0.15, 0.2) is 47.6 Å². The second-order valence-corrected chi connectivity index (χ2v) is 7.65. The van der Waals surface area contributed by atoms with Gasteiger partial charge in [0.25, 0.3) is 5.91 Å². The maximum atomic E-state index is 12.3. The Bertz CT molecular complexity index is 920. The monoisotopic (exact) mass is 424 g/mol. The number of carbonyl (C=O) groups excluding carboxylic acids is 1. The Labute approximate surface area is 182 Å². The Kier molecular flexibility index (Phi) is 6.92. The van der Waals surface area contributed by atoms with Crippen molar-refractivity contribution >= 4 is 11.6 Å². The summed E-state index contributed by atoms with van der Waals surface area (Å²) in [6.45, 7) is 2.60. The molecule has 0 unspecified atom stereocenters. The molecule has 0 radical (unpaired) electrons. The molecule has 1 amide bonds. The molecule has 4 rings (SSSR count). The highest BCUT2D eigenvalue weighted by Crippen LogP contribution is 2.30. The average Bonchev–Trinajstić information content (AvgIpc) is 2.83. The first-order valence-electron chi connectivity index (χ1n) is 10.7. The van der Waals surface area contributed by atoms with Gasteiger partial charge in [-0.05, 0) is 49.1 Å². The zero-order valence-corrected chi connectivity index (χ0v) is 17.8. The standard InChI is InChI=1S/C24H28N2O5/c1-28-19-7-5-18(6-8-19)16-31-25-22-11-14-29-23-15-20(9-10-21(22)23)30-17-24(27)26-12-3-2-4-13-26/h5-10,15H,2-4,11-14,16-17H2,1H3/b25-22+. The summed E-state index contributed by atoms with van der Waals surface area (Å²) in [5, 5.41) is 4.33. The predicted octanol–water partition coefficient (Wildman–Crippen LogP) is 3.79. The molecule has 7 heteroatoms. The van der Waals surface area contributed by atoms with E-state index in [2.05, 4.69) is 5.16 Å².